The molecule has 1 amide bonds. The summed E-state index contributed by atoms with van der Waals surface area (Å²) in [5.74, 6) is -0.663. The average molecular weight is 422 g/mol. The predicted molar refractivity (Wildman–Crippen MR) is 116 cm³/mol. The van der Waals surface area contributed by atoms with Gasteiger partial charge in [0.1, 0.15) is 11.5 Å². The van der Waals surface area contributed by atoms with E-state index in [2.05, 4.69) is 25.2 Å². The number of allylic oxidation sites excluding steroid dienone is 1. The van der Waals surface area contributed by atoms with Crippen molar-refractivity contribution in [3.05, 3.63) is 55.9 Å². The molecule has 1 aliphatic heterocycles. The summed E-state index contributed by atoms with van der Waals surface area (Å²) < 4.78 is 5.40. The van der Waals surface area contributed by atoms with Gasteiger partial charge in [-0.2, -0.15) is 10.5 Å². The zero-order chi connectivity index (χ0) is 22.2. The number of hydrogen-bond donors (Lipinski definition) is 1. The number of rotatable bonds is 4. The van der Waals surface area contributed by atoms with Crippen LogP contribution in [0.3, 0.4) is 0 Å². The molecule has 2 heterocycles. The Bertz CT molecular complexity index is 1210. The fourth-order valence-electron chi connectivity index (χ4n) is 3.82. The van der Waals surface area contributed by atoms with Crippen molar-refractivity contribution in [1.29, 1.82) is 10.5 Å². The second-order valence-electron chi connectivity index (χ2n) is 8.33. The van der Waals surface area contributed by atoms with Gasteiger partial charge in [-0.25, -0.2) is 4.79 Å². The van der Waals surface area contributed by atoms with Crippen molar-refractivity contribution in [3.8, 4) is 12.1 Å². The van der Waals surface area contributed by atoms with Crippen molar-refractivity contribution >= 4 is 28.6 Å². The third kappa shape index (κ3) is 3.74. The van der Waals surface area contributed by atoms with Crippen LogP contribution in [0.1, 0.15) is 50.3 Å². The molecule has 1 N–H and O–H groups in total. The van der Waals surface area contributed by atoms with Crippen molar-refractivity contribution < 1.29 is 9.21 Å². The number of carbonyl (C=O) groups excluding carboxylic acids is 1. The minimum Gasteiger partial charge on any atom is -0.423 e. The largest absolute Gasteiger partial charge is 0.423 e. The average Bonchev–Trinajstić information content (AvgIpc) is 2.64. The first kappa shape index (κ1) is 21.7. The molecule has 154 valence electrons. The number of benzene rings is 1. The zero-order valence-electron chi connectivity index (χ0n) is 17.6. The van der Waals surface area contributed by atoms with Crippen LogP contribution in [0.2, 0.25) is 0 Å². The van der Waals surface area contributed by atoms with Crippen molar-refractivity contribution in [3.63, 3.8) is 0 Å². The van der Waals surface area contributed by atoms with Gasteiger partial charge in [0.05, 0.1) is 22.7 Å². The molecular weight excluding hydrogens is 398 g/mol. The van der Waals surface area contributed by atoms with Crippen LogP contribution < -0.4 is 10.9 Å². The number of nitrogens with one attached hydrogen (secondary N) is 1. The molecule has 6 nitrogen and oxygen atoms in total. The van der Waals surface area contributed by atoms with E-state index in [0.717, 1.165) is 16.5 Å². The molecule has 0 aliphatic carbocycles. The molecule has 1 atom stereocenters. The SMILES string of the molecule is Cc1cc2oc(=O)cc(CSC3=C(C#N)C(C)(C)[C@@H](C#N)C(=O)N3)c2cc1C(C)C. The maximum absolute atomic E-state index is 12.4. The van der Waals surface area contributed by atoms with Crippen molar-refractivity contribution in [1.82, 2.24) is 5.32 Å². The maximum Gasteiger partial charge on any atom is 0.336 e. The quantitative estimate of drug-likeness (QED) is 0.729. The molecule has 0 radical (unpaired) electrons. The summed E-state index contributed by atoms with van der Waals surface area (Å²) in [6, 6.07) is 9.53. The standard InChI is InChI=1S/C23H23N3O3S/c1-12(2)15-8-16-14(7-20(27)29-19(16)6-13(15)3)11-30-22-18(10-25)23(4,5)17(9-24)21(28)26-22/h6-8,12,17H,11H2,1-5H3,(H,26,28)/t17-/m0/s1. The molecule has 1 aromatic heterocycles. The summed E-state index contributed by atoms with van der Waals surface area (Å²) in [5.41, 5.74) is 2.55. The number of hydrogen-bond acceptors (Lipinski definition) is 6. The van der Waals surface area contributed by atoms with Gasteiger partial charge in [0.15, 0.2) is 0 Å². The molecule has 0 saturated heterocycles. The van der Waals surface area contributed by atoms with Gasteiger partial charge in [-0.05, 0) is 41.7 Å². The van der Waals surface area contributed by atoms with Crippen LogP contribution in [0.4, 0.5) is 0 Å². The molecular formula is C23H23N3O3S. The summed E-state index contributed by atoms with van der Waals surface area (Å²) in [6.45, 7) is 9.66. The number of nitrogens with zero attached hydrogens (tertiary/aromatic N) is 2. The lowest BCUT2D eigenvalue weighted by Gasteiger charge is -2.34. The van der Waals surface area contributed by atoms with Gasteiger partial charge in [0.2, 0.25) is 5.91 Å². The first-order chi connectivity index (χ1) is 14.1. The van der Waals surface area contributed by atoms with E-state index in [4.69, 9.17) is 4.42 Å². The Kier molecular flexibility index (Phi) is 5.78. The highest BCUT2D eigenvalue weighted by Crippen LogP contribution is 2.42. The Morgan fingerprint density at radius 3 is 2.53 bits per heavy atom. The van der Waals surface area contributed by atoms with Crippen molar-refractivity contribution in [2.45, 2.75) is 46.3 Å². The van der Waals surface area contributed by atoms with Crippen LogP contribution in [0.15, 0.2) is 38.0 Å². The van der Waals surface area contributed by atoms with E-state index in [9.17, 15) is 20.1 Å². The van der Waals surface area contributed by atoms with E-state index in [1.165, 1.54) is 23.4 Å². The Morgan fingerprint density at radius 2 is 1.93 bits per heavy atom. The molecule has 2 aromatic rings. The van der Waals surface area contributed by atoms with Gasteiger partial charge in [-0.15, -0.1) is 11.8 Å². The second kappa shape index (κ2) is 8.01. The predicted octanol–water partition coefficient (Wildman–Crippen LogP) is 4.49. The van der Waals surface area contributed by atoms with E-state index in [0.29, 0.717) is 27.9 Å². The van der Waals surface area contributed by atoms with Gasteiger partial charge >= 0.3 is 5.63 Å². The molecule has 0 bridgehead atoms. The van der Waals surface area contributed by atoms with Crippen LogP contribution in [-0.4, -0.2) is 5.91 Å². The summed E-state index contributed by atoms with van der Waals surface area (Å²) in [7, 11) is 0. The summed E-state index contributed by atoms with van der Waals surface area (Å²) in [6.07, 6.45) is 0. The van der Waals surface area contributed by atoms with E-state index in [1.807, 2.05) is 25.1 Å². The normalized spacial score (nSPS) is 18.3. The van der Waals surface area contributed by atoms with Crippen LogP contribution in [0.25, 0.3) is 11.0 Å². The lowest BCUT2D eigenvalue weighted by atomic mass is 9.72. The van der Waals surface area contributed by atoms with Crippen molar-refractivity contribution in [2.75, 3.05) is 0 Å². The minimum atomic E-state index is -0.933. The third-order valence-electron chi connectivity index (χ3n) is 5.54. The molecule has 1 aliphatic rings. The lowest BCUT2D eigenvalue weighted by Crippen LogP contribution is -2.44. The molecule has 1 aromatic carbocycles. The van der Waals surface area contributed by atoms with Gasteiger partial charge in [0.25, 0.3) is 0 Å². The van der Waals surface area contributed by atoms with E-state index in [-0.39, 0.29) is 0 Å². The van der Waals surface area contributed by atoms with Gasteiger partial charge in [-0.3, -0.25) is 4.79 Å². The van der Waals surface area contributed by atoms with Gasteiger partial charge < -0.3 is 9.73 Å². The maximum atomic E-state index is 12.4. The van der Waals surface area contributed by atoms with E-state index in [1.54, 1.807) is 13.8 Å². The Morgan fingerprint density at radius 1 is 1.23 bits per heavy atom. The first-order valence-corrected chi connectivity index (χ1v) is 10.6. The summed E-state index contributed by atoms with van der Waals surface area (Å²) in [4.78, 5) is 24.5. The molecule has 0 spiro atoms. The van der Waals surface area contributed by atoms with Crippen LogP contribution >= 0.6 is 11.8 Å². The monoisotopic (exact) mass is 421 g/mol. The zero-order valence-corrected chi connectivity index (χ0v) is 18.4. The highest BCUT2D eigenvalue weighted by molar-refractivity contribution is 8.02. The van der Waals surface area contributed by atoms with Gasteiger partial charge in [-0.1, -0.05) is 27.7 Å². The van der Waals surface area contributed by atoms with Gasteiger partial charge in [0, 0.05) is 22.6 Å². The highest BCUT2D eigenvalue weighted by Gasteiger charge is 2.44. The molecule has 0 saturated carbocycles. The summed E-state index contributed by atoms with van der Waals surface area (Å²) >= 11 is 1.28. The number of fused-ring (bicyclic) bond motifs is 1. The molecule has 3 rings (SSSR count). The number of nitriles is 2. The molecule has 7 heteroatoms. The minimum absolute atomic E-state index is 0.316. The van der Waals surface area contributed by atoms with Crippen LogP contribution in [0.5, 0.6) is 0 Å². The molecule has 0 unspecified atom stereocenters. The Balaban J connectivity index is 2.05. The van der Waals surface area contributed by atoms with E-state index < -0.39 is 22.9 Å². The third-order valence-corrected chi connectivity index (χ3v) is 6.59. The highest BCUT2D eigenvalue weighted by atomic mass is 32.2. The fourth-order valence-corrected chi connectivity index (χ4v) is 4.98. The number of carbonyl (C=O) groups is 1. The number of thioether (sulfide) groups is 1. The topological polar surface area (TPSA) is 107 Å². The smallest absolute Gasteiger partial charge is 0.336 e. The van der Waals surface area contributed by atoms with Crippen LogP contribution in [-0.2, 0) is 10.5 Å². The second-order valence-corrected chi connectivity index (χ2v) is 9.31. The van der Waals surface area contributed by atoms with Crippen molar-refractivity contribution in [2.24, 2.45) is 11.3 Å². The number of amides is 1. The summed E-state index contributed by atoms with van der Waals surface area (Å²) in [5, 5.41) is 23.0. The molecule has 30 heavy (non-hydrogen) atoms. The number of aryl methyl sites for hydroxylation is 1. The Labute approximate surface area is 179 Å². The Hall–Kier alpha value is -3.03. The fraction of sp³-hybridized carbons (Fsp3) is 0.391. The molecule has 0 fully saturated rings. The first-order valence-electron chi connectivity index (χ1n) is 9.65. The van der Waals surface area contributed by atoms with E-state index >= 15 is 0 Å². The lowest BCUT2D eigenvalue weighted by molar-refractivity contribution is -0.125. The van der Waals surface area contributed by atoms with Crippen LogP contribution in [0, 0.1) is 40.9 Å².